The maximum atomic E-state index is 13.0. The molecule has 0 aliphatic rings. The summed E-state index contributed by atoms with van der Waals surface area (Å²) in [5.74, 6) is 0. The van der Waals surface area contributed by atoms with E-state index in [1.165, 1.54) is 23.3 Å². The Bertz CT molecular complexity index is 745. The standard InChI is InChI=1S/C21H24F3N/c1-4-12-25-20-11-10-19(21(22,23)24)14-18(20)7-5-6-17-9-8-15(2)16(3)13-17/h5-6,8-11,13-14,25H,4,7,12H2,1-3H3/b6-5+. The van der Waals surface area contributed by atoms with Gasteiger partial charge in [-0.1, -0.05) is 37.3 Å². The fourth-order valence-electron chi connectivity index (χ4n) is 2.56. The van der Waals surface area contributed by atoms with Crippen LogP contribution in [0.3, 0.4) is 0 Å². The first-order valence-corrected chi connectivity index (χ1v) is 8.49. The van der Waals surface area contributed by atoms with Gasteiger partial charge in [-0.3, -0.25) is 0 Å². The fraction of sp³-hybridized carbons (Fsp3) is 0.333. The SMILES string of the molecule is CCCNc1ccc(C(F)(F)F)cc1C/C=C/c1ccc(C)c(C)c1. The molecular formula is C21H24F3N. The first kappa shape index (κ1) is 19.1. The van der Waals surface area contributed by atoms with E-state index in [9.17, 15) is 13.2 Å². The molecule has 0 fully saturated rings. The minimum Gasteiger partial charge on any atom is -0.385 e. The van der Waals surface area contributed by atoms with Gasteiger partial charge < -0.3 is 5.32 Å². The highest BCUT2D eigenvalue weighted by molar-refractivity contribution is 5.57. The summed E-state index contributed by atoms with van der Waals surface area (Å²) in [4.78, 5) is 0. The van der Waals surface area contributed by atoms with Crippen molar-refractivity contribution in [2.24, 2.45) is 0 Å². The number of nitrogens with one attached hydrogen (secondary N) is 1. The van der Waals surface area contributed by atoms with Crippen LogP contribution in [0.25, 0.3) is 6.08 Å². The van der Waals surface area contributed by atoms with Crippen molar-refractivity contribution < 1.29 is 13.2 Å². The zero-order valence-corrected chi connectivity index (χ0v) is 14.9. The summed E-state index contributed by atoms with van der Waals surface area (Å²) in [5, 5.41) is 3.21. The first-order chi connectivity index (χ1) is 11.8. The van der Waals surface area contributed by atoms with Crippen molar-refractivity contribution in [2.75, 3.05) is 11.9 Å². The number of rotatable bonds is 6. The van der Waals surface area contributed by atoms with Crippen LogP contribution >= 0.6 is 0 Å². The van der Waals surface area contributed by atoms with Crippen LogP contribution < -0.4 is 5.32 Å². The summed E-state index contributed by atoms with van der Waals surface area (Å²) in [6.07, 6.45) is 0.907. The summed E-state index contributed by atoms with van der Waals surface area (Å²) >= 11 is 0. The van der Waals surface area contributed by atoms with Gasteiger partial charge in [-0.15, -0.1) is 0 Å². The molecule has 2 aromatic carbocycles. The van der Waals surface area contributed by atoms with E-state index in [4.69, 9.17) is 0 Å². The first-order valence-electron chi connectivity index (χ1n) is 8.49. The molecular weight excluding hydrogens is 323 g/mol. The topological polar surface area (TPSA) is 12.0 Å². The van der Waals surface area contributed by atoms with Gasteiger partial charge in [0.25, 0.3) is 0 Å². The van der Waals surface area contributed by atoms with Crippen molar-refractivity contribution >= 4 is 11.8 Å². The molecule has 0 heterocycles. The summed E-state index contributed by atoms with van der Waals surface area (Å²) in [6.45, 7) is 6.86. The number of hydrogen-bond acceptors (Lipinski definition) is 1. The number of anilines is 1. The van der Waals surface area contributed by atoms with Gasteiger partial charge in [0.05, 0.1) is 5.56 Å². The zero-order valence-electron chi connectivity index (χ0n) is 14.9. The number of alkyl halides is 3. The van der Waals surface area contributed by atoms with E-state index >= 15 is 0 Å². The van der Waals surface area contributed by atoms with E-state index in [0.29, 0.717) is 12.0 Å². The van der Waals surface area contributed by atoms with E-state index in [1.54, 1.807) is 0 Å². The van der Waals surface area contributed by atoms with Crippen LogP contribution in [0.4, 0.5) is 18.9 Å². The van der Waals surface area contributed by atoms with Gasteiger partial charge in [0, 0.05) is 12.2 Å². The predicted molar refractivity (Wildman–Crippen MR) is 98.9 cm³/mol. The van der Waals surface area contributed by atoms with Gasteiger partial charge in [-0.25, -0.2) is 0 Å². The highest BCUT2D eigenvalue weighted by Crippen LogP contribution is 2.32. The van der Waals surface area contributed by atoms with Gasteiger partial charge in [0.15, 0.2) is 0 Å². The molecule has 0 spiro atoms. The predicted octanol–water partition coefficient (Wildman–Crippen LogP) is 6.40. The van der Waals surface area contributed by atoms with Crippen LogP contribution in [0, 0.1) is 13.8 Å². The quantitative estimate of drug-likeness (QED) is 0.637. The average Bonchev–Trinajstić information content (AvgIpc) is 2.56. The molecule has 25 heavy (non-hydrogen) atoms. The molecule has 0 bridgehead atoms. The number of allylic oxidation sites excluding steroid dienone is 1. The van der Waals surface area contributed by atoms with E-state index in [-0.39, 0.29) is 0 Å². The van der Waals surface area contributed by atoms with Crippen LogP contribution in [-0.4, -0.2) is 6.54 Å². The van der Waals surface area contributed by atoms with E-state index in [0.717, 1.165) is 30.3 Å². The van der Waals surface area contributed by atoms with E-state index in [1.807, 2.05) is 38.1 Å². The van der Waals surface area contributed by atoms with Crippen molar-refractivity contribution in [1.82, 2.24) is 0 Å². The molecule has 0 aromatic heterocycles. The third kappa shape index (κ3) is 5.38. The molecule has 0 aliphatic carbocycles. The van der Waals surface area contributed by atoms with Crippen LogP contribution in [0.1, 0.15) is 41.2 Å². The Morgan fingerprint density at radius 3 is 2.40 bits per heavy atom. The second-order valence-electron chi connectivity index (χ2n) is 6.25. The maximum Gasteiger partial charge on any atom is 0.416 e. The highest BCUT2D eigenvalue weighted by Gasteiger charge is 2.30. The van der Waals surface area contributed by atoms with Gasteiger partial charge in [0.2, 0.25) is 0 Å². The largest absolute Gasteiger partial charge is 0.416 e. The van der Waals surface area contributed by atoms with Crippen LogP contribution in [0.2, 0.25) is 0 Å². The van der Waals surface area contributed by atoms with Gasteiger partial charge >= 0.3 is 6.18 Å². The third-order valence-corrected chi connectivity index (χ3v) is 4.18. The Morgan fingerprint density at radius 2 is 1.76 bits per heavy atom. The third-order valence-electron chi connectivity index (χ3n) is 4.18. The van der Waals surface area contributed by atoms with Crippen molar-refractivity contribution in [3.63, 3.8) is 0 Å². The van der Waals surface area contributed by atoms with Crippen molar-refractivity contribution in [2.45, 2.75) is 39.8 Å². The van der Waals surface area contributed by atoms with E-state index < -0.39 is 11.7 Å². The number of hydrogen-bond donors (Lipinski definition) is 1. The molecule has 2 aromatic rings. The monoisotopic (exact) mass is 347 g/mol. The van der Waals surface area contributed by atoms with Gasteiger partial charge in [-0.2, -0.15) is 13.2 Å². The summed E-state index contributed by atoms with van der Waals surface area (Å²) in [5.41, 5.74) is 4.29. The Labute approximate surface area is 147 Å². The van der Waals surface area contributed by atoms with Crippen molar-refractivity contribution in [3.05, 3.63) is 70.3 Å². The zero-order chi connectivity index (χ0) is 18.4. The molecule has 0 radical (unpaired) electrons. The minimum atomic E-state index is -4.32. The molecule has 0 saturated carbocycles. The summed E-state index contributed by atoms with van der Waals surface area (Å²) in [7, 11) is 0. The highest BCUT2D eigenvalue weighted by atomic mass is 19.4. The number of halogens is 3. The van der Waals surface area contributed by atoms with Crippen LogP contribution in [0.15, 0.2) is 42.5 Å². The lowest BCUT2D eigenvalue weighted by molar-refractivity contribution is -0.137. The van der Waals surface area contributed by atoms with E-state index in [2.05, 4.69) is 18.3 Å². The summed E-state index contributed by atoms with van der Waals surface area (Å²) < 4.78 is 38.9. The Kier molecular flexibility index (Phi) is 6.29. The second kappa shape index (κ2) is 8.24. The Hall–Kier alpha value is -2.23. The molecule has 0 saturated heterocycles. The summed E-state index contributed by atoms with van der Waals surface area (Å²) in [6, 6.07) is 10.0. The molecule has 0 amide bonds. The molecule has 0 aliphatic heterocycles. The maximum absolute atomic E-state index is 13.0. The Balaban J connectivity index is 2.22. The fourth-order valence-corrected chi connectivity index (χ4v) is 2.56. The molecule has 4 heteroatoms. The number of benzene rings is 2. The molecule has 0 unspecified atom stereocenters. The number of aryl methyl sites for hydroxylation is 2. The van der Waals surface area contributed by atoms with Gasteiger partial charge in [-0.05, 0) is 67.1 Å². The molecule has 134 valence electrons. The molecule has 1 N–H and O–H groups in total. The van der Waals surface area contributed by atoms with Gasteiger partial charge in [0.1, 0.15) is 0 Å². The second-order valence-corrected chi connectivity index (χ2v) is 6.25. The molecule has 2 rings (SSSR count). The lowest BCUT2D eigenvalue weighted by Gasteiger charge is -2.14. The lowest BCUT2D eigenvalue weighted by atomic mass is 10.0. The lowest BCUT2D eigenvalue weighted by Crippen LogP contribution is -2.08. The molecule has 1 nitrogen and oxygen atoms in total. The molecule has 0 atom stereocenters. The van der Waals surface area contributed by atoms with Crippen molar-refractivity contribution in [3.8, 4) is 0 Å². The van der Waals surface area contributed by atoms with Crippen LogP contribution in [0.5, 0.6) is 0 Å². The normalized spacial score (nSPS) is 11.9. The Morgan fingerprint density at radius 1 is 1.00 bits per heavy atom. The smallest absolute Gasteiger partial charge is 0.385 e. The average molecular weight is 347 g/mol. The van der Waals surface area contributed by atoms with Crippen molar-refractivity contribution in [1.29, 1.82) is 0 Å². The van der Waals surface area contributed by atoms with Crippen LogP contribution in [-0.2, 0) is 12.6 Å². The minimum absolute atomic E-state index is 0.447.